The van der Waals surface area contributed by atoms with Crippen LogP contribution in [0.2, 0.25) is 10.0 Å². The van der Waals surface area contributed by atoms with Crippen LogP contribution in [0.3, 0.4) is 0 Å². The van der Waals surface area contributed by atoms with Gasteiger partial charge in [0.05, 0.1) is 33.3 Å². The van der Waals surface area contributed by atoms with Crippen LogP contribution < -0.4 is 4.74 Å². The van der Waals surface area contributed by atoms with Crippen LogP contribution in [-0.4, -0.2) is 54.3 Å². The molecule has 0 radical (unpaired) electrons. The molecule has 50 heavy (non-hydrogen) atoms. The van der Waals surface area contributed by atoms with Gasteiger partial charge in [-0.1, -0.05) is 29.3 Å². The smallest absolute Gasteiger partial charge is 0.335 e. The average Bonchev–Trinajstić information content (AvgIpc) is 3.44. The Morgan fingerprint density at radius 3 is 2.40 bits per heavy atom. The molecule has 6 rings (SSSR count). The maximum absolute atomic E-state index is 14.7. The summed E-state index contributed by atoms with van der Waals surface area (Å²) in [5, 5.41) is 28.1. The number of carbonyl (C=O) groups is 2. The lowest BCUT2D eigenvalue weighted by Gasteiger charge is -2.21. The quantitative estimate of drug-likeness (QED) is 0.0874. The number of rotatable bonds is 10. The Morgan fingerprint density at radius 1 is 1.04 bits per heavy atom. The maximum Gasteiger partial charge on any atom is 0.335 e. The number of aromatic carboxylic acids is 1. The summed E-state index contributed by atoms with van der Waals surface area (Å²) < 4.78 is 10.0. The molecule has 13 heteroatoms. The van der Waals surface area contributed by atoms with Crippen molar-refractivity contribution in [3.05, 3.63) is 108 Å². The van der Waals surface area contributed by atoms with Gasteiger partial charge < -0.3 is 19.3 Å². The number of benzene rings is 3. The molecule has 0 saturated heterocycles. The molecule has 0 fully saturated rings. The second-order valence-corrected chi connectivity index (χ2v) is 13.6. The van der Waals surface area contributed by atoms with Crippen LogP contribution in [0, 0.1) is 37.8 Å². The van der Waals surface area contributed by atoms with E-state index in [-0.39, 0.29) is 23.7 Å². The molecular weight excluding hydrogens is 681 g/mol. The fraction of sp³-hybridized carbons (Fsp3) is 0.324. The van der Waals surface area contributed by atoms with Crippen molar-refractivity contribution >= 4 is 51.7 Å². The maximum atomic E-state index is 14.7. The van der Waals surface area contributed by atoms with E-state index in [1.165, 1.54) is 12.1 Å². The lowest BCUT2D eigenvalue weighted by atomic mass is 9.98. The van der Waals surface area contributed by atoms with Crippen LogP contribution in [0.15, 0.2) is 42.5 Å². The highest BCUT2D eigenvalue weighted by molar-refractivity contribution is 6.35. The van der Waals surface area contributed by atoms with Crippen molar-refractivity contribution in [1.82, 2.24) is 19.2 Å². The number of carboxylic acids is 1. The molecule has 1 amide bonds. The zero-order valence-electron chi connectivity index (χ0n) is 28.5. The summed E-state index contributed by atoms with van der Waals surface area (Å²) in [6, 6.07) is 11.4. The number of hydrogen-bond donors (Lipinski definition) is 1. The Morgan fingerprint density at radius 2 is 1.76 bits per heavy atom. The molecule has 11 nitrogen and oxygen atoms in total. The van der Waals surface area contributed by atoms with Crippen LogP contribution >= 0.6 is 23.2 Å². The first-order chi connectivity index (χ1) is 23.8. The summed E-state index contributed by atoms with van der Waals surface area (Å²) in [7, 11) is 1.89. The fourth-order valence-corrected chi connectivity index (χ4v) is 7.41. The summed E-state index contributed by atoms with van der Waals surface area (Å²) in [4.78, 5) is 39.1. The van der Waals surface area contributed by atoms with E-state index in [1.54, 1.807) is 4.90 Å². The van der Waals surface area contributed by atoms with Crippen molar-refractivity contribution < 1.29 is 24.4 Å². The van der Waals surface area contributed by atoms with E-state index in [0.717, 1.165) is 61.9 Å². The second kappa shape index (κ2) is 13.8. The third kappa shape index (κ3) is 6.43. The molecule has 5 aromatic rings. The van der Waals surface area contributed by atoms with Crippen molar-refractivity contribution in [2.24, 2.45) is 7.05 Å². The molecule has 2 aromatic heterocycles. The highest BCUT2D eigenvalue weighted by atomic mass is 35.5. The minimum atomic E-state index is -1.28. The number of carbonyl (C=O) groups excluding carboxylic acids is 1. The highest BCUT2D eigenvalue weighted by Crippen LogP contribution is 2.43. The molecule has 1 aliphatic heterocycles. The number of carboxylic acid groups (broad SMARTS) is 1. The Balaban J connectivity index is 1.44. The molecule has 1 aliphatic rings. The topological polar surface area (TPSA) is 133 Å². The van der Waals surface area contributed by atoms with Crippen molar-refractivity contribution in [1.29, 1.82) is 0 Å². The van der Waals surface area contributed by atoms with Gasteiger partial charge in [-0.25, -0.2) is 4.79 Å². The van der Waals surface area contributed by atoms with Crippen molar-refractivity contribution in [2.75, 3.05) is 13.2 Å². The van der Waals surface area contributed by atoms with Crippen molar-refractivity contribution in [3.63, 3.8) is 0 Å². The molecule has 3 heterocycles. The number of nitrogens with zero attached hydrogens (tertiary/aromatic N) is 5. The van der Waals surface area contributed by atoms with E-state index in [4.69, 9.17) is 27.9 Å². The molecular formula is C37H37Cl2N5O6. The summed E-state index contributed by atoms with van der Waals surface area (Å²) in [5.74, 6) is -0.804. The summed E-state index contributed by atoms with van der Waals surface area (Å²) in [5.41, 5.74) is 7.39. The number of non-ortho nitro benzene ring substituents is 1. The van der Waals surface area contributed by atoms with Gasteiger partial charge in [-0.3, -0.25) is 19.6 Å². The van der Waals surface area contributed by atoms with Gasteiger partial charge in [0.15, 0.2) is 0 Å². The molecule has 0 unspecified atom stereocenters. The zero-order valence-corrected chi connectivity index (χ0v) is 30.0. The number of halogens is 2. The summed E-state index contributed by atoms with van der Waals surface area (Å²) in [6.45, 7) is 9.11. The molecule has 0 bridgehead atoms. The van der Waals surface area contributed by atoms with E-state index in [9.17, 15) is 24.8 Å². The van der Waals surface area contributed by atoms with Crippen LogP contribution in [0.4, 0.5) is 5.69 Å². The fourth-order valence-electron chi connectivity index (χ4n) is 7.05. The first-order valence-electron chi connectivity index (χ1n) is 16.3. The van der Waals surface area contributed by atoms with E-state index in [2.05, 4.69) is 9.67 Å². The zero-order chi connectivity index (χ0) is 36.0. The Hall–Kier alpha value is -4.87. The normalized spacial score (nSPS) is 13.1. The first-order valence-corrected chi connectivity index (χ1v) is 17.1. The summed E-state index contributed by atoms with van der Waals surface area (Å²) >= 11 is 13.3. The van der Waals surface area contributed by atoms with E-state index < -0.39 is 10.9 Å². The Labute approximate surface area is 299 Å². The number of aromatic nitrogens is 3. The number of amides is 1. The van der Waals surface area contributed by atoms with Crippen LogP contribution in [0.5, 0.6) is 5.75 Å². The largest absolute Gasteiger partial charge is 0.494 e. The molecule has 260 valence electrons. The van der Waals surface area contributed by atoms with Gasteiger partial charge >= 0.3 is 5.97 Å². The standard InChI is InChI=1S/C37H37Cl2N5O6/c1-20-14-27(15-21(2)33(20)39)50-13-6-8-28-29-9-10-30(38)32(31-22(3)40-41(5)23(31)4)34(29)43-12-7-11-42(36(45)35(28)43)19-24-16-25(37(46)47)18-26(17-24)44(48)49/h9-10,14-18H,6-8,11-13,19H2,1-5H3,(H,46,47). The van der Waals surface area contributed by atoms with E-state index in [0.29, 0.717) is 60.3 Å². The lowest BCUT2D eigenvalue weighted by Crippen LogP contribution is -2.31. The van der Waals surface area contributed by atoms with Crippen LogP contribution in [-0.2, 0) is 26.6 Å². The molecule has 1 N–H and O–H groups in total. The van der Waals surface area contributed by atoms with Gasteiger partial charge in [0, 0.05) is 66.0 Å². The number of nitro benzene ring substituents is 1. The third-order valence-electron chi connectivity index (χ3n) is 9.40. The molecule has 0 aliphatic carbocycles. The van der Waals surface area contributed by atoms with Crippen molar-refractivity contribution in [2.45, 2.75) is 60.0 Å². The minimum Gasteiger partial charge on any atom is -0.494 e. The second-order valence-electron chi connectivity index (χ2n) is 12.8. The van der Waals surface area contributed by atoms with E-state index in [1.807, 2.05) is 63.7 Å². The number of fused-ring (bicyclic) bond motifs is 3. The first kappa shape index (κ1) is 35.0. The van der Waals surface area contributed by atoms with Crippen LogP contribution in [0.25, 0.3) is 22.0 Å². The van der Waals surface area contributed by atoms with Gasteiger partial charge in [0.25, 0.3) is 11.6 Å². The Bertz CT molecular complexity index is 2150. The highest BCUT2D eigenvalue weighted by Gasteiger charge is 2.32. The molecule has 3 aromatic carbocycles. The molecule has 0 saturated carbocycles. The van der Waals surface area contributed by atoms with Gasteiger partial charge in [0.2, 0.25) is 0 Å². The predicted octanol–water partition coefficient (Wildman–Crippen LogP) is 8.25. The monoisotopic (exact) mass is 717 g/mol. The number of nitro groups is 1. The molecule has 0 spiro atoms. The summed E-state index contributed by atoms with van der Waals surface area (Å²) in [6.07, 6.45) is 1.73. The number of hydrogen-bond acceptors (Lipinski definition) is 6. The van der Waals surface area contributed by atoms with Gasteiger partial charge in [0.1, 0.15) is 11.4 Å². The van der Waals surface area contributed by atoms with Gasteiger partial charge in [-0.15, -0.1) is 0 Å². The van der Waals surface area contributed by atoms with Crippen LogP contribution in [0.1, 0.15) is 67.3 Å². The van der Waals surface area contributed by atoms with E-state index >= 15 is 0 Å². The third-order valence-corrected chi connectivity index (χ3v) is 10.3. The lowest BCUT2D eigenvalue weighted by molar-refractivity contribution is -0.385. The van der Waals surface area contributed by atoms with Gasteiger partial charge in [-0.2, -0.15) is 5.10 Å². The molecule has 0 atom stereocenters. The van der Waals surface area contributed by atoms with Gasteiger partial charge in [-0.05, 0) is 93.5 Å². The Kier molecular flexibility index (Phi) is 9.65. The average molecular weight is 719 g/mol. The minimum absolute atomic E-state index is 0.00851. The number of aryl methyl sites for hydroxylation is 6. The van der Waals surface area contributed by atoms with Crippen molar-refractivity contribution in [3.8, 4) is 16.9 Å². The SMILES string of the molecule is Cc1cc(OCCCc2c3n(c4c(-c5c(C)nn(C)c5C)c(Cl)ccc24)CCCN(Cc2cc(C(=O)O)cc([N+](=O)[O-])c2)C3=O)cc(C)c1Cl. The number of ether oxygens (including phenoxy) is 1. The predicted molar refractivity (Wildman–Crippen MR) is 193 cm³/mol.